The van der Waals surface area contributed by atoms with Crippen LogP contribution in [0.1, 0.15) is 37.1 Å². The van der Waals surface area contributed by atoms with Gasteiger partial charge in [0.05, 0.1) is 11.8 Å². The zero-order chi connectivity index (χ0) is 12.8. The van der Waals surface area contributed by atoms with Crippen molar-refractivity contribution < 1.29 is 14.2 Å². The molecule has 0 aliphatic carbocycles. The van der Waals surface area contributed by atoms with Crippen LogP contribution in [0.25, 0.3) is 0 Å². The molecule has 2 heterocycles. The lowest BCUT2D eigenvalue weighted by Crippen LogP contribution is -2.22. The Bertz CT molecular complexity index is 363. The van der Waals surface area contributed by atoms with Gasteiger partial charge in [-0.05, 0) is 25.3 Å². The Morgan fingerprint density at radius 3 is 2.89 bits per heavy atom. The predicted molar refractivity (Wildman–Crippen MR) is 66.1 cm³/mol. The number of nitrogens with zero attached hydrogens (tertiary/aromatic N) is 2. The van der Waals surface area contributed by atoms with Crippen LogP contribution in [0.15, 0.2) is 12.3 Å². The highest BCUT2D eigenvalue weighted by atomic mass is 16.7. The highest BCUT2D eigenvalue weighted by Gasteiger charge is 2.17. The SMILES string of the molecule is COC(OC)c1ccnc(CC2CCCCO2)n1. The van der Waals surface area contributed by atoms with Gasteiger partial charge in [-0.1, -0.05) is 0 Å². The summed E-state index contributed by atoms with van der Waals surface area (Å²) in [7, 11) is 3.19. The van der Waals surface area contributed by atoms with Crippen molar-refractivity contribution in [2.45, 2.75) is 38.1 Å². The Kier molecular flexibility index (Phi) is 5.04. The van der Waals surface area contributed by atoms with Crippen LogP contribution >= 0.6 is 0 Å². The predicted octanol–water partition coefficient (Wildman–Crippen LogP) is 1.88. The molecule has 0 bridgehead atoms. The third-order valence-corrected chi connectivity index (χ3v) is 3.08. The zero-order valence-electron chi connectivity index (χ0n) is 11.0. The lowest BCUT2D eigenvalue weighted by atomic mass is 10.1. The van der Waals surface area contributed by atoms with Gasteiger partial charge in [-0.15, -0.1) is 0 Å². The summed E-state index contributed by atoms with van der Waals surface area (Å²) in [5, 5.41) is 0. The largest absolute Gasteiger partial charge is 0.378 e. The van der Waals surface area contributed by atoms with Crippen LogP contribution in [0.5, 0.6) is 0 Å². The van der Waals surface area contributed by atoms with E-state index in [-0.39, 0.29) is 6.10 Å². The minimum atomic E-state index is -0.431. The molecular weight excluding hydrogens is 232 g/mol. The average Bonchev–Trinajstić information content (AvgIpc) is 2.42. The minimum absolute atomic E-state index is 0.248. The van der Waals surface area contributed by atoms with E-state index in [0.717, 1.165) is 37.4 Å². The van der Waals surface area contributed by atoms with Crippen molar-refractivity contribution >= 4 is 0 Å². The van der Waals surface area contributed by atoms with Crippen LogP contribution in [-0.2, 0) is 20.6 Å². The maximum Gasteiger partial charge on any atom is 0.200 e. The first kappa shape index (κ1) is 13.4. The molecule has 0 amide bonds. The van der Waals surface area contributed by atoms with Gasteiger partial charge in [0.15, 0.2) is 0 Å². The highest BCUT2D eigenvalue weighted by molar-refractivity contribution is 5.04. The van der Waals surface area contributed by atoms with Gasteiger partial charge in [-0.3, -0.25) is 0 Å². The second-order valence-electron chi connectivity index (χ2n) is 4.39. The third-order valence-electron chi connectivity index (χ3n) is 3.08. The highest BCUT2D eigenvalue weighted by Crippen LogP contribution is 2.18. The Morgan fingerprint density at radius 1 is 1.39 bits per heavy atom. The molecular formula is C13H20N2O3. The molecule has 1 aliphatic rings. The standard InChI is InChI=1S/C13H20N2O3/c1-16-13(17-2)11-6-7-14-12(15-11)9-10-5-3-4-8-18-10/h6-7,10,13H,3-5,8-9H2,1-2H3. The normalized spacial score (nSPS) is 20.3. The van der Waals surface area contributed by atoms with Crippen molar-refractivity contribution in [1.82, 2.24) is 9.97 Å². The van der Waals surface area contributed by atoms with E-state index in [2.05, 4.69) is 9.97 Å². The first-order chi connectivity index (χ1) is 8.83. The summed E-state index contributed by atoms with van der Waals surface area (Å²) < 4.78 is 16.1. The molecule has 5 nitrogen and oxygen atoms in total. The van der Waals surface area contributed by atoms with E-state index in [0.29, 0.717) is 0 Å². The molecule has 18 heavy (non-hydrogen) atoms. The quantitative estimate of drug-likeness (QED) is 0.749. The summed E-state index contributed by atoms with van der Waals surface area (Å²) >= 11 is 0. The minimum Gasteiger partial charge on any atom is -0.378 e. The van der Waals surface area contributed by atoms with Crippen LogP contribution < -0.4 is 0 Å². The fourth-order valence-electron chi connectivity index (χ4n) is 2.15. The Morgan fingerprint density at radius 2 is 2.22 bits per heavy atom. The summed E-state index contributed by atoms with van der Waals surface area (Å²) in [5.41, 5.74) is 0.751. The lowest BCUT2D eigenvalue weighted by molar-refractivity contribution is -0.108. The van der Waals surface area contributed by atoms with E-state index < -0.39 is 6.29 Å². The van der Waals surface area contributed by atoms with E-state index in [9.17, 15) is 0 Å². The van der Waals surface area contributed by atoms with E-state index in [4.69, 9.17) is 14.2 Å². The molecule has 0 aromatic carbocycles. The fraction of sp³-hybridized carbons (Fsp3) is 0.692. The van der Waals surface area contributed by atoms with Crippen molar-refractivity contribution in [2.75, 3.05) is 20.8 Å². The summed E-state index contributed by atoms with van der Waals surface area (Å²) in [5.74, 6) is 0.790. The molecule has 5 heteroatoms. The molecule has 2 rings (SSSR count). The Labute approximate surface area is 107 Å². The van der Waals surface area contributed by atoms with Gasteiger partial charge in [0.1, 0.15) is 5.82 Å². The van der Waals surface area contributed by atoms with Gasteiger partial charge in [-0.25, -0.2) is 9.97 Å². The number of methoxy groups -OCH3 is 2. The van der Waals surface area contributed by atoms with Crippen LogP contribution in [0.4, 0.5) is 0 Å². The topological polar surface area (TPSA) is 53.5 Å². The molecule has 1 unspecified atom stereocenters. The fourth-order valence-corrected chi connectivity index (χ4v) is 2.15. The monoisotopic (exact) mass is 252 g/mol. The van der Waals surface area contributed by atoms with Gasteiger partial charge in [0, 0.05) is 33.4 Å². The number of hydrogen-bond acceptors (Lipinski definition) is 5. The van der Waals surface area contributed by atoms with Crippen molar-refractivity contribution in [3.05, 3.63) is 23.8 Å². The molecule has 1 aliphatic heterocycles. The maximum atomic E-state index is 5.69. The van der Waals surface area contributed by atoms with Gasteiger partial charge in [0.25, 0.3) is 0 Å². The number of aromatic nitrogens is 2. The lowest BCUT2D eigenvalue weighted by Gasteiger charge is -2.22. The smallest absolute Gasteiger partial charge is 0.200 e. The van der Waals surface area contributed by atoms with Gasteiger partial charge in [-0.2, -0.15) is 0 Å². The summed E-state index contributed by atoms with van der Waals surface area (Å²) in [6, 6.07) is 1.81. The molecule has 100 valence electrons. The van der Waals surface area contributed by atoms with Crippen molar-refractivity contribution in [3.63, 3.8) is 0 Å². The molecule has 0 spiro atoms. The van der Waals surface area contributed by atoms with Gasteiger partial charge < -0.3 is 14.2 Å². The summed E-state index contributed by atoms with van der Waals surface area (Å²) in [6.07, 6.45) is 5.79. The molecule has 1 atom stereocenters. The van der Waals surface area contributed by atoms with E-state index in [1.807, 2.05) is 6.07 Å². The average molecular weight is 252 g/mol. The number of ether oxygens (including phenoxy) is 3. The first-order valence-electron chi connectivity index (χ1n) is 6.32. The van der Waals surface area contributed by atoms with Crippen LogP contribution in [-0.4, -0.2) is 36.9 Å². The van der Waals surface area contributed by atoms with Crippen molar-refractivity contribution in [2.24, 2.45) is 0 Å². The first-order valence-corrected chi connectivity index (χ1v) is 6.32. The second-order valence-corrected chi connectivity index (χ2v) is 4.39. The second kappa shape index (κ2) is 6.78. The van der Waals surface area contributed by atoms with E-state index in [1.165, 1.54) is 6.42 Å². The summed E-state index contributed by atoms with van der Waals surface area (Å²) in [4.78, 5) is 8.75. The van der Waals surface area contributed by atoms with Crippen LogP contribution in [0.3, 0.4) is 0 Å². The molecule has 1 aromatic rings. The van der Waals surface area contributed by atoms with Crippen LogP contribution in [0.2, 0.25) is 0 Å². The Hall–Kier alpha value is -1.04. The molecule has 0 radical (unpaired) electrons. The molecule has 1 aromatic heterocycles. The van der Waals surface area contributed by atoms with Gasteiger partial charge >= 0.3 is 0 Å². The van der Waals surface area contributed by atoms with Crippen molar-refractivity contribution in [3.8, 4) is 0 Å². The zero-order valence-corrected chi connectivity index (χ0v) is 11.0. The molecule has 1 saturated heterocycles. The number of rotatable bonds is 5. The van der Waals surface area contributed by atoms with Gasteiger partial charge in [0.2, 0.25) is 6.29 Å². The van der Waals surface area contributed by atoms with E-state index >= 15 is 0 Å². The molecule has 1 fully saturated rings. The molecule has 0 saturated carbocycles. The van der Waals surface area contributed by atoms with Crippen LogP contribution in [0, 0.1) is 0 Å². The summed E-state index contributed by atoms with van der Waals surface area (Å²) in [6.45, 7) is 0.850. The third kappa shape index (κ3) is 3.48. The number of hydrogen-bond donors (Lipinski definition) is 0. The maximum absolute atomic E-state index is 5.69. The van der Waals surface area contributed by atoms with Crippen molar-refractivity contribution in [1.29, 1.82) is 0 Å². The Balaban J connectivity index is 2.01. The molecule has 0 N–H and O–H groups in total. The van der Waals surface area contributed by atoms with E-state index in [1.54, 1.807) is 20.4 Å².